The Hall–Kier alpha value is -1.64. The van der Waals surface area contributed by atoms with Gasteiger partial charge in [0.05, 0.1) is 0 Å². The van der Waals surface area contributed by atoms with Crippen LogP contribution in [0.15, 0.2) is 29.8 Å². The largest absolute Gasteiger partial charge is 0.478 e. The summed E-state index contributed by atoms with van der Waals surface area (Å²) in [5.41, 5.74) is 1.57. The lowest BCUT2D eigenvalue weighted by atomic mass is 9.98. The molecule has 0 aromatic heterocycles. The normalized spacial score (nSPS) is 12.2. The van der Waals surface area contributed by atoms with Gasteiger partial charge in [-0.25, -0.2) is 9.18 Å². The second kappa shape index (κ2) is 4.73. The molecule has 0 fully saturated rings. The zero-order chi connectivity index (χ0) is 11.4. The fourth-order valence-electron chi connectivity index (χ4n) is 1.49. The van der Waals surface area contributed by atoms with Crippen molar-refractivity contribution in [3.63, 3.8) is 0 Å². The maximum Gasteiger partial charge on any atom is 0.331 e. The topological polar surface area (TPSA) is 37.3 Å². The van der Waals surface area contributed by atoms with Crippen LogP contribution in [0, 0.1) is 5.82 Å². The maximum absolute atomic E-state index is 13.0. The van der Waals surface area contributed by atoms with Gasteiger partial charge < -0.3 is 5.11 Å². The summed E-state index contributed by atoms with van der Waals surface area (Å²) in [7, 11) is 0. The zero-order valence-electron chi connectivity index (χ0n) is 8.75. The molecule has 1 aromatic carbocycles. The smallest absolute Gasteiger partial charge is 0.331 e. The maximum atomic E-state index is 13.0. The van der Waals surface area contributed by atoms with Crippen LogP contribution in [0.25, 0.3) is 5.57 Å². The van der Waals surface area contributed by atoms with Gasteiger partial charge in [-0.15, -0.1) is 0 Å². The predicted molar refractivity (Wildman–Crippen MR) is 56.9 cm³/mol. The molecule has 15 heavy (non-hydrogen) atoms. The number of rotatable bonds is 3. The van der Waals surface area contributed by atoms with Crippen LogP contribution in [0.4, 0.5) is 4.39 Å². The van der Waals surface area contributed by atoms with Crippen LogP contribution in [-0.2, 0) is 4.79 Å². The van der Waals surface area contributed by atoms with E-state index in [9.17, 15) is 9.18 Å². The van der Waals surface area contributed by atoms with Crippen molar-refractivity contribution in [1.29, 1.82) is 0 Å². The SMILES string of the molecule is CC/C(=C(/C)C(=O)O)c1cccc(F)c1. The Balaban J connectivity index is 3.24. The van der Waals surface area contributed by atoms with E-state index in [1.54, 1.807) is 12.1 Å². The minimum Gasteiger partial charge on any atom is -0.478 e. The molecular formula is C12H13FO2. The molecule has 0 aliphatic heterocycles. The number of allylic oxidation sites excluding steroid dienone is 1. The third-order valence-corrected chi connectivity index (χ3v) is 2.30. The molecule has 0 unspecified atom stereocenters. The minimum atomic E-state index is -0.962. The van der Waals surface area contributed by atoms with E-state index in [2.05, 4.69) is 0 Å². The molecule has 0 aliphatic carbocycles. The minimum absolute atomic E-state index is 0.267. The molecular weight excluding hydrogens is 195 g/mol. The molecule has 0 heterocycles. The molecule has 1 rings (SSSR count). The van der Waals surface area contributed by atoms with Gasteiger partial charge in [-0.2, -0.15) is 0 Å². The summed E-state index contributed by atoms with van der Waals surface area (Å²) in [6.45, 7) is 3.39. The first-order valence-electron chi connectivity index (χ1n) is 4.75. The van der Waals surface area contributed by atoms with Crippen LogP contribution in [-0.4, -0.2) is 11.1 Å². The zero-order valence-corrected chi connectivity index (χ0v) is 8.75. The highest BCUT2D eigenvalue weighted by atomic mass is 19.1. The molecule has 0 saturated carbocycles. The first-order chi connectivity index (χ1) is 7.06. The van der Waals surface area contributed by atoms with Crippen LogP contribution in [0.3, 0.4) is 0 Å². The second-order valence-electron chi connectivity index (χ2n) is 3.27. The van der Waals surface area contributed by atoms with E-state index < -0.39 is 5.97 Å². The van der Waals surface area contributed by atoms with Gasteiger partial charge in [0.15, 0.2) is 0 Å². The third-order valence-electron chi connectivity index (χ3n) is 2.30. The average Bonchev–Trinajstić information content (AvgIpc) is 2.18. The Morgan fingerprint density at radius 1 is 1.47 bits per heavy atom. The first-order valence-corrected chi connectivity index (χ1v) is 4.75. The highest BCUT2D eigenvalue weighted by Crippen LogP contribution is 2.22. The van der Waals surface area contributed by atoms with Crippen molar-refractivity contribution in [2.45, 2.75) is 20.3 Å². The number of halogens is 1. The Labute approximate surface area is 88.1 Å². The molecule has 0 spiro atoms. The van der Waals surface area contributed by atoms with Crippen molar-refractivity contribution in [2.75, 3.05) is 0 Å². The Kier molecular flexibility index (Phi) is 3.61. The summed E-state index contributed by atoms with van der Waals surface area (Å²) in [5.74, 6) is -1.31. The first kappa shape index (κ1) is 11.4. The molecule has 0 atom stereocenters. The van der Waals surface area contributed by atoms with E-state index in [4.69, 9.17) is 5.11 Å². The molecule has 0 amide bonds. The number of hydrogen-bond donors (Lipinski definition) is 1. The lowest BCUT2D eigenvalue weighted by Crippen LogP contribution is -2.00. The fraction of sp³-hybridized carbons (Fsp3) is 0.250. The van der Waals surface area contributed by atoms with Crippen molar-refractivity contribution in [3.05, 3.63) is 41.2 Å². The van der Waals surface area contributed by atoms with Gasteiger partial charge in [-0.3, -0.25) is 0 Å². The Bertz CT molecular complexity index is 408. The summed E-state index contributed by atoms with van der Waals surface area (Å²) < 4.78 is 13.0. The average molecular weight is 208 g/mol. The molecule has 0 aliphatic rings. The van der Waals surface area contributed by atoms with E-state index in [-0.39, 0.29) is 11.4 Å². The van der Waals surface area contributed by atoms with Crippen LogP contribution in [0.1, 0.15) is 25.8 Å². The summed E-state index contributed by atoms with van der Waals surface area (Å²) in [5, 5.41) is 8.86. The summed E-state index contributed by atoms with van der Waals surface area (Å²) in [6.07, 6.45) is 0.571. The van der Waals surface area contributed by atoms with Gasteiger partial charge in [0.1, 0.15) is 5.82 Å². The summed E-state index contributed by atoms with van der Waals surface area (Å²) in [4.78, 5) is 10.8. The van der Waals surface area contributed by atoms with E-state index >= 15 is 0 Å². The number of hydrogen-bond acceptors (Lipinski definition) is 1. The van der Waals surface area contributed by atoms with Crippen LogP contribution in [0.2, 0.25) is 0 Å². The molecule has 2 nitrogen and oxygen atoms in total. The standard InChI is InChI=1S/C12H13FO2/c1-3-11(8(2)12(14)15)9-5-4-6-10(13)7-9/h4-7H,3H2,1-2H3,(H,14,15)/b11-8+. The van der Waals surface area contributed by atoms with Gasteiger partial charge in [-0.05, 0) is 36.6 Å². The fourth-order valence-corrected chi connectivity index (χ4v) is 1.49. The van der Waals surface area contributed by atoms with Gasteiger partial charge in [0, 0.05) is 5.57 Å². The van der Waals surface area contributed by atoms with Crippen molar-refractivity contribution >= 4 is 11.5 Å². The van der Waals surface area contributed by atoms with E-state index in [1.807, 2.05) is 6.92 Å². The monoisotopic (exact) mass is 208 g/mol. The second-order valence-corrected chi connectivity index (χ2v) is 3.27. The van der Waals surface area contributed by atoms with Crippen LogP contribution in [0.5, 0.6) is 0 Å². The number of carboxylic acid groups (broad SMARTS) is 1. The molecule has 1 N–H and O–H groups in total. The van der Waals surface area contributed by atoms with E-state index in [0.29, 0.717) is 17.6 Å². The van der Waals surface area contributed by atoms with Crippen molar-refractivity contribution in [2.24, 2.45) is 0 Å². The molecule has 0 bridgehead atoms. The lowest BCUT2D eigenvalue weighted by molar-refractivity contribution is -0.132. The van der Waals surface area contributed by atoms with Gasteiger partial charge >= 0.3 is 5.97 Å². The van der Waals surface area contributed by atoms with Crippen molar-refractivity contribution in [1.82, 2.24) is 0 Å². The van der Waals surface area contributed by atoms with Gasteiger partial charge in [0.25, 0.3) is 0 Å². The number of benzene rings is 1. The summed E-state index contributed by atoms with van der Waals surface area (Å²) >= 11 is 0. The molecule has 1 aromatic rings. The highest BCUT2D eigenvalue weighted by Gasteiger charge is 2.10. The van der Waals surface area contributed by atoms with Crippen molar-refractivity contribution < 1.29 is 14.3 Å². The van der Waals surface area contributed by atoms with Crippen LogP contribution >= 0.6 is 0 Å². The highest BCUT2D eigenvalue weighted by molar-refractivity contribution is 5.95. The third kappa shape index (κ3) is 2.65. The molecule has 0 saturated heterocycles. The van der Waals surface area contributed by atoms with Gasteiger partial charge in [-0.1, -0.05) is 19.1 Å². The number of carboxylic acids is 1. The predicted octanol–water partition coefficient (Wildman–Crippen LogP) is 3.09. The number of carbonyl (C=O) groups is 1. The number of aliphatic carboxylic acids is 1. The molecule has 0 radical (unpaired) electrons. The van der Waals surface area contributed by atoms with Gasteiger partial charge in [0.2, 0.25) is 0 Å². The quantitative estimate of drug-likeness (QED) is 0.775. The summed E-state index contributed by atoms with van der Waals surface area (Å²) in [6, 6.07) is 5.99. The Morgan fingerprint density at radius 2 is 2.13 bits per heavy atom. The van der Waals surface area contributed by atoms with Crippen molar-refractivity contribution in [3.8, 4) is 0 Å². The van der Waals surface area contributed by atoms with E-state index in [0.717, 1.165) is 0 Å². The van der Waals surface area contributed by atoms with Crippen LogP contribution < -0.4 is 0 Å². The van der Waals surface area contributed by atoms with E-state index in [1.165, 1.54) is 19.1 Å². The lowest BCUT2D eigenvalue weighted by Gasteiger charge is -2.07. The molecule has 80 valence electrons. The Morgan fingerprint density at radius 3 is 2.60 bits per heavy atom. The molecule has 3 heteroatoms.